The molecule has 1 amide bonds. The minimum absolute atomic E-state index is 0.152. The second kappa shape index (κ2) is 41.4. The lowest BCUT2D eigenvalue weighted by atomic mass is 9.99. The molecule has 0 bridgehead atoms. The van der Waals surface area contributed by atoms with Crippen LogP contribution < -0.4 is 5.32 Å². The molecule has 0 aromatic rings. The molecule has 1 saturated heterocycles. The number of aliphatic hydroxyl groups excluding tert-OH is 5. The Bertz CT molecular complexity index is 1220. The quantitative estimate of drug-likeness (QED) is 0.0264. The molecular weight excluding hydrogens is 767 g/mol. The van der Waals surface area contributed by atoms with E-state index in [2.05, 4.69) is 104 Å². The Morgan fingerprint density at radius 3 is 1.51 bits per heavy atom. The summed E-state index contributed by atoms with van der Waals surface area (Å²) in [5.41, 5.74) is 0. The van der Waals surface area contributed by atoms with Crippen molar-refractivity contribution in [2.45, 2.75) is 224 Å². The molecule has 350 valence electrons. The normalized spacial score (nSPS) is 21.2. The number of hydrogen-bond acceptors (Lipinski definition) is 8. The summed E-state index contributed by atoms with van der Waals surface area (Å²) in [4.78, 5) is 13.0. The number of nitrogens with one attached hydrogen (secondary N) is 1. The molecule has 1 heterocycles. The Kier molecular flexibility index (Phi) is 38.3. The van der Waals surface area contributed by atoms with Crippen LogP contribution in [0.4, 0.5) is 0 Å². The van der Waals surface area contributed by atoms with Gasteiger partial charge in [0.25, 0.3) is 0 Å². The number of aliphatic hydroxyl groups is 5. The van der Waals surface area contributed by atoms with Crippen molar-refractivity contribution in [2.75, 3.05) is 13.2 Å². The van der Waals surface area contributed by atoms with Gasteiger partial charge in [-0.3, -0.25) is 4.79 Å². The van der Waals surface area contributed by atoms with Gasteiger partial charge in [0.2, 0.25) is 5.91 Å². The van der Waals surface area contributed by atoms with Gasteiger partial charge in [0, 0.05) is 6.42 Å². The van der Waals surface area contributed by atoms with Crippen molar-refractivity contribution < 1.29 is 39.8 Å². The number of allylic oxidation sites excluding steroid dienone is 14. The first-order valence-electron chi connectivity index (χ1n) is 24.3. The first-order valence-corrected chi connectivity index (χ1v) is 24.3. The van der Waals surface area contributed by atoms with Gasteiger partial charge in [0.1, 0.15) is 24.4 Å². The largest absolute Gasteiger partial charge is 0.394 e. The summed E-state index contributed by atoms with van der Waals surface area (Å²) in [6, 6.07) is -0.734. The molecule has 7 unspecified atom stereocenters. The maximum Gasteiger partial charge on any atom is 0.220 e. The lowest BCUT2D eigenvalue weighted by molar-refractivity contribution is -0.302. The average Bonchev–Trinajstić information content (AvgIpc) is 3.26. The lowest BCUT2D eigenvalue weighted by Gasteiger charge is -2.40. The van der Waals surface area contributed by atoms with Gasteiger partial charge < -0.3 is 40.3 Å². The van der Waals surface area contributed by atoms with Gasteiger partial charge in [-0.25, -0.2) is 0 Å². The number of carbonyl (C=O) groups excluding carboxylic acids is 1. The van der Waals surface area contributed by atoms with Crippen LogP contribution in [0.3, 0.4) is 0 Å². The highest BCUT2D eigenvalue weighted by Crippen LogP contribution is 2.23. The molecule has 0 aromatic carbocycles. The van der Waals surface area contributed by atoms with E-state index in [-0.39, 0.29) is 12.5 Å². The highest BCUT2D eigenvalue weighted by Gasteiger charge is 2.44. The Labute approximate surface area is 371 Å². The summed E-state index contributed by atoms with van der Waals surface area (Å²) < 4.78 is 11.2. The smallest absolute Gasteiger partial charge is 0.220 e. The molecule has 1 rings (SSSR count). The van der Waals surface area contributed by atoms with Crippen LogP contribution in [0.5, 0.6) is 0 Å². The van der Waals surface area contributed by atoms with Crippen LogP contribution in [0.25, 0.3) is 0 Å². The van der Waals surface area contributed by atoms with Gasteiger partial charge in [-0.2, -0.15) is 0 Å². The number of rotatable bonds is 39. The number of ether oxygens (including phenoxy) is 2. The van der Waals surface area contributed by atoms with Gasteiger partial charge in [0.05, 0.1) is 25.4 Å². The lowest BCUT2D eigenvalue weighted by Crippen LogP contribution is -2.60. The zero-order valence-corrected chi connectivity index (χ0v) is 38.4. The molecule has 0 spiro atoms. The molecule has 0 aromatic heterocycles. The van der Waals surface area contributed by atoms with E-state index in [4.69, 9.17) is 9.47 Å². The topological polar surface area (TPSA) is 149 Å². The molecule has 0 saturated carbocycles. The molecular formula is C52H89NO8. The maximum atomic E-state index is 13.0. The Hall–Kier alpha value is -2.63. The van der Waals surface area contributed by atoms with Gasteiger partial charge >= 0.3 is 0 Å². The summed E-state index contributed by atoms with van der Waals surface area (Å²) in [6.07, 6.45) is 50.2. The summed E-state index contributed by atoms with van der Waals surface area (Å²) in [5.74, 6) is -0.169. The molecule has 61 heavy (non-hydrogen) atoms. The first kappa shape index (κ1) is 56.4. The molecule has 9 heteroatoms. The third-order valence-electron chi connectivity index (χ3n) is 11.0. The molecule has 0 radical (unpaired) electrons. The van der Waals surface area contributed by atoms with Gasteiger partial charge in [-0.1, -0.05) is 189 Å². The maximum absolute atomic E-state index is 13.0. The fraction of sp³-hybridized carbons (Fsp3) is 0.712. The van der Waals surface area contributed by atoms with Crippen LogP contribution in [0, 0.1) is 0 Å². The van der Waals surface area contributed by atoms with E-state index in [1.54, 1.807) is 0 Å². The van der Waals surface area contributed by atoms with Crippen LogP contribution in [-0.2, 0) is 14.3 Å². The minimum Gasteiger partial charge on any atom is -0.394 e. The predicted molar refractivity (Wildman–Crippen MR) is 253 cm³/mol. The number of amides is 1. The fourth-order valence-corrected chi connectivity index (χ4v) is 7.14. The van der Waals surface area contributed by atoms with E-state index in [1.165, 1.54) is 51.4 Å². The van der Waals surface area contributed by atoms with Crippen LogP contribution in [0.15, 0.2) is 85.1 Å². The van der Waals surface area contributed by atoms with Crippen molar-refractivity contribution in [3.05, 3.63) is 85.1 Å². The fourth-order valence-electron chi connectivity index (χ4n) is 7.14. The van der Waals surface area contributed by atoms with Crippen molar-refractivity contribution in [1.82, 2.24) is 5.32 Å². The first-order chi connectivity index (χ1) is 29.8. The summed E-state index contributed by atoms with van der Waals surface area (Å²) in [6.45, 7) is 3.68. The van der Waals surface area contributed by atoms with E-state index in [0.29, 0.717) is 12.8 Å². The number of hydrogen-bond donors (Lipinski definition) is 6. The second-order valence-electron chi connectivity index (χ2n) is 16.5. The van der Waals surface area contributed by atoms with Crippen molar-refractivity contribution in [3.63, 3.8) is 0 Å². The monoisotopic (exact) mass is 856 g/mol. The molecule has 1 aliphatic rings. The molecule has 9 nitrogen and oxygen atoms in total. The van der Waals surface area contributed by atoms with Crippen molar-refractivity contribution in [3.8, 4) is 0 Å². The third-order valence-corrected chi connectivity index (χ3v) is 11.0. The van der Waals surface area contributed by atoms with Crippen molar-refractivity contribution in [2.24, 2.45) is 0 Å². The van der Waals surface area contributed by atoms with E-state index in [9.17, 15) is 30.3 Å². The van der Waals surface area contributed by atoms with Crippen molar-refractivity contribution >= 4 is 5.91 Å². The van der Waals surface area contributed by atoms with Crippen LogP contribution >= 0.6 is 0 Å². The predicted octanol–water partition coefficient (Wildman–Crippen LogP) is 10.7. The van der Waals surface area contributed by atoms with Gasteiger partial charge in [0.15, 0.2) is 6.29 Å². The van der Waals surface area contributed by atoms with Gasteiger partial charge in [-0.15, -0.1) is 0 Å². The molecule has 6 N–H and O–H groups in total. The SMILES string of the molecule is CC/C=C\C/C=C\C/C=C\C/C=C\C/C=C\C/C=C\C/C=C\CCCCCCCC(=O)NC(COC1OC(CO)C(O)C(O)C1O)C(O)CCCCCCCCCCCCC. The van der Waals surface area contributed by atoms with Crippen LogP contribution in [-0.4, -0.2) is 87.5 Å². The number of carbonyl (C=O) groups is 1. The zero-order valence-electron chi connectivity index (χ0n) is 38.4. The summed E-state index contributed by atoms with van der Waals surface area (Å²) >= 11 is 0. The second-order valence-corrected chi connectivity index (χ2v) is 16.5. The van der Waals surface area contributed by atoms with Crippen LogP contribution in [0.1, 0.15) is 181 Å². The zero-order chi connectivity index (χ0) is 44.4. The van der Waals surface area contributed by atoms with Gasteiger partial charge in [-0.05, 0) is 70.6 Å². The summed E-state index contributed by atoms with van der Waals surface area (Å²) in [5, 5.41) is 54.3. The third kappa shape index (κ3) is 31.8. The minimum atomic E-state index is -1.56. The average molecular weight is 856 g/mol. The molecule has 0 aliphatic carbocycles. The van der Waals surface area contributed by atoms with Crippen LogP contribution in [0.2, 0.25) is 0 Å². The Balaban J connectivity index is 2.27. The Morgan fingerprint density at radius 2 is 1.02 bits per heavy atom. The summed E-state index contributed by atoms with van der Waals surface area (Å²) in [7, 11) is 0. The molecule has 7 atom stereocenters. The Morgan fingerprint density at radius 1 is 0.574 bits per heavy atom. The van der Waals surface area contributed by atoms with Crippen molar-refractivity contribution in [1.29, 1.82) is 0 Å². The molecule has 1 aliphatic heterocycles. The molecule has 1 fully saturated rings. The van der Waals surface area contributed by atoms with E-state index < -0.39 is 49.5 Å². The van der Waals surface area contributed by atoms with E-state index in [0.717, 1.165) is 103 Å². The number of unbranched alkanes of at least 4 members (excludes halogenated alkanes) is 15. The van der Waals surface area contributed by atoms with E-state index >= 15 is 0 Å². The highest BCUT2D eigenvalue weighted by molar-refractivity contribution is 5.76. The van der Waals surface area contributed by atoms with E-state index in [1.807, 2.05) is 0 Å². The highest BCUT2D eigenvalue weighted by atomic mass is 16.7. The standard InChI is InChI=1S/C52H89NO8/c1-3-5-7-9-11-13-15-16-17-18-19-20-21-22-23-24-25-26-27-28-29-30-32-34-36-38-40-42-48(56)53-45(44-60-52-51(59)50(58)49(57)47(43-54)61-52)46(55)41-39-37-35-33-31-14-12-10-8-6-4-2/h5,7,11,13,16-17,19-20,22-23,25-26,28-29,45-47,49-52,54-55,57-59H,3-4,6,8-10,12,14-15,18,21,24,27,30-44H2,1-2H3,(H,53,56)/b7-5-,13-11-,17-16-,20-19-,23-22-,26-25-,29-28-.